The first kappa shape index (κ1) is 13.0. The second-order valence-electron chi connectivity index (χ2n) is 5.70. The number of rotatable bonds is 3. The van der Waals surface area contributed by atoms with Gasteiger partial charge in [-0.3, -0.25) is 4.79 Å². The average Bonchev–Trinajstić information content (AvgIpc) is 2.94. The quantitative estimate of drug-likeness (QED) is 0.778. The van der Waals surface area contributed by atoms with E-state index in [1.807, 2.05) is 19.2 Å². The number of anilines is 1. The molecule has 3 aromatic rings. The minimum absolute atomic E-state index is 0.0425. The Morgan fingerprint density at radius 1 is 1.27 bits per heavy atom. The molecule has 1 N–H and O–H groups in total. The van der Waals surface area contributed by atoms with Crippen molar-refractivity contribution in [3.05, 3.63) is 46.8 Å². The van der Waals surface area contributed by atoms with Gasteiger partial charge >= 0.3 is 0 Å². The molecule has 4 heterocycles. The van der Waals surface area contributed by atoms with Crippen LogP contribution in [0.15, 0.2) is 35.5 Å². The Morgan fingerprint density at radius 3 is 3.00 bits per heavy atom. The largest absolute Gasteiger partial charge is 0.355 e. The summed E-state index contributed by atoms with van der Waals surface area (Å²) in [7, 11) is 0. The molecule has 1 saturated heterocycles. The summed E-state index contributed by atoms with van der Waals surface area (Å²) in [5, 5.41) is 5.32. The summed E-state index contributed by atoms with van der Waals surface area (Å²) >= 11 is 0. The molecule has 7 nitrogen and oxygen atoms in total. The van der Waals surface area contributed by atoms with Crippen molar-refractivity contribution < 1.29 is 0 Å². The zero-order chi connectivity index (χ0) is 15.1. The highest BCUT2D eigenvalue weighted by molar-refractivity contribution is 5.87. The van der Waals surface area contributed by atoms with E-state index < -0.39 is 0 Å². The van der Waals surface area contributed by atoms with E-state index >= 15 is 0 Å². The summed E-state index contributed by atoms with van der Waals surface area (Å²) in [5.74, 6) is 1.36. The number of aromatic nitrogens is 5. The Labute approximate surface area is 126 Å². The van der Waals surface area contributed by atoms with Crippen LogP contribution in [-0.4, -0.2) is 37.8 Å². The van der Waals surface area contributed by atoms with Crippen molar-refractivity contribution in [1.82, 2.24) is 24.7 Å². The van der Waals surface area contributed by atoms with E-state index in [1.54, 1.807) is 23.1 Å². The molecule has 3 aromatic heterocycles. The van der Waals surface area contributed by atoms with Crippen molar-refractivity contribution in [2.45, 2.75) is 13.5 Å². The summed E-state index contributed by atoms with van der Waals surface area (Å²) in [6.07, 6.45) is 3.45. The van der Waals surface area contributed by atoms with Gasteiger partial charge in [0.05, 0.1) is 17.6 Å². The maximum absolute atomic E-state index is 11.8. The third-order valence-electron chi connectivity index (χ3n) is 4.02. The van der Waals surface area contributed by atoms with Gasteiger partial charge in [-0.15, -0.1) is 0 Å². The normalized spacial score (nSPS) is 15.2. The lowest BCUT2D eigenvalue weighted by Crippen LogP contribution is -2.50. The molecule has 7 heteroatoms. The number of nitrogens with zero attached hydrogens (tertiary/aromatic N) is 5. The fourth-order valence-electron chi connectivity index (χ4n) is 2.90. The van der Waals surface area contributed by atoms with Gasteiger partial charge in [-0.2, -0.15) is 5.10 Å². The molecule has 0 saturated carbocycles. The SMILES string of the molecule is Cc1ccc(=O)n(CC2CN(c3ncnc4[nH]ccc34)C2)n1. The van der Waals surface area contributed by atoms with Crippen LogP contribution in [0.5, 0.6) is 0 Å². The number of aromatic amines is 1. The molecule has 0 atom stereocenters. The maximum atomic E-state index is 11.8. The predicted molar refractivity (Wildman–Crippen MR) is 82.8 cm³/mol. The van der Waals surface area contributed by atoms with Crippen LogP contribution in [0, 0.1) is 12.8 Å². The molecular weight excluding hydrogens is 280 g/mol. The van der Waals surface area contributed by atoms with Crippen LogP contribution < -0.4 is 10.5 Å². The van der Waals surface area contributed by atoms with Gasteiger partial charge in [0.1, 0.15) is 17.8 Å². The van der Waals surface area contributed by atoms with Crippen LogP contribution in [0.4, 0.5) is 5.82 Å². The monoisotopic (exact) mass is 296 g/mol. The lowest BCUT2D eigenvalue weighted by molar-refractivity contribution is 0.332. The van der Waals surface area contributed by atoms with Crippen molar-refractivity contribution in [2.75, 3.05) is 18.0 Å². The molecule has 22 heavy (non-hydrogen) atoms. The fraction of sp³-hybridized carbons (Fsp3) is 0.333. The topological polar surface area (TPSA) is 79.7 Å². The van der Waals surface area contributed by atoms with Crippen molar-refractivity contribution in [3.8, 4) is 0 Å². The van der Waals surface area contributed by atoms with Crippen LogP contribution in [0.3, 0.4) is 0 Å². The van der Waals surface area contributed by atoms with E-state index in [9.17, 15) is 4.79 Å². The standard InChI is InChI=1S/C15H16N6O/c1-10-2-3-13(22)21(19-10)8-11-6-20(7-11)15-12-4-5-16-14(12)17-9-18-15/h2-5,9,11H,6-8H2,1H3,(H,16,17,18). The molecule has 0 spiro atoms. The first-order chi connectivity index (χ1) is 10.7. The minimum atomic E-state index is -0.0425. The fourth-order valence-corrected chi connectivity index (χ4v) is 2.90. The molecule has 0 radical (unpaired) electrons. The summed E-state index contributed by atoms with van der Waals surface area (Å²) in [4.78, 5) is 25.7. The summed E-state index contributed by atoms with van der Waals surface area (Å²) < 4.78 is 1.56. The van der Waals surface area contributed by atoms with Crippen LogP contribution in [0.2, 0.25) is 0 Å². The molecule has 112 valence electrons. The highest BCUT2D eigenvalue weighted by atomic mass is 16.1. The molecule has 1 fully saturated rings. The number of hydrogen-bond donors (Lipinski definition) is 1. The first-order valence-corrected chi connectivity index (χ1v) is 7.28. The third kappa shape index (κ3) is 2.14. The highest BCUT2D eigenvalue weighted by Crippen LogP contribution is 2.28. The first-order valence-electron chi connectivity index (χ1n) is 7.28. The molecule has 1 aliphatic heterocycles. The Bertz CT molecular complexity index is 877. The van der Waals surface area contributed by atoms with E-state index in [2.05, 4.69) is 25.0 Å². The van der Waals surface area contributed by atoms with Gasteiger partial charge in [-0.05, 0) is 19.1 Å². The van der Waals surface area contributed by atoms with Gasteiger partial charge in [0.15, 0.2) is 0 Å². The molecule has 4 rings (SSSR count). The predicted octanol–water partition coefficient (Wildman–Crippen LogP) is 0.959. The van der Waals surface area contributed by atoms with Crippen LogP contribution in [0.25, 0.3) is 11.0 Å². The summed E-state index contributed by atoms with van der Waals surface area (Å²) in [5.41, 5.74) is 1.67. The van der Waals surface area contributed by atoms with E-state index in [-0.39, 0.29) is 5.56 Å². The van der Waals surface area contributed by atoms with Gasteiger partial charge in [0, 0.05) is 31.3 Å². The summed E-state index contributed by atoms with van der Waals surface area (Å²) in [6.45, 7) is 4.30. The van der Waals surface area contributed by atoms with Gasteiger partial charge in [0.25, 0.3) is 5.56 Å². The average molecular weight is 296 g/mol. The molecule has 0 amide bonds. The lowest BCUT2D eigenvalue weighted by Gasteiger charge is -2.40. The van der Waals surface area contributed by atoms with Crippen molar-refractivity contribution in [2.24, 2.45) is 5.92 Å². The molecule has 0 aromatic carbocycles. The van der Waals surface area contributed by atoms with Gasteiger partial charge < -0.3 is 9.88 Å². The van der Waals surface area contributed by atoms with Crippen LogP contribution in [0.1, 0.15) is 5.69 Å². The molecule has 0 unspecified atom stereocenters. The summed E-state index contributed by atoms with van der Waals surface area (Å²) in [6, 6.07) is 5.31. The zero-order valence-corrected chi connectivity index (χ0v) is 12.2. The number of H-pyrrole nitrogens is 1. The van der Waals surface area contributed by atoms with Crippen molar-refractivity contribution in [1.29, 1.82) is 0 Å². The molecule has 1 aliphatic rings. The third-order valence-corrected chi connectivity index (χ3v) is 4.02. The van der Waals surface area contributed by atoms with E-state index in [4.69, 9.17) is 0 Å². The molecule has 0 aliphatic carbocycles. The smallest absolute Gasteiger partial charge is 0.266 e. The number of aryl methyl sites for hydroxylation is 1. The highest BCUT2D eigenvalue weighted by Gasteiger charge is 2.29. The molecule has 0 bridgehead atoms. The number of hydrogen-bond acceptors (Lipinski definition) is 5. The number of fused-ring (bicyclic) bond motifs is 1. The van der Waals surface area contributed by atoms with E-state index in [1.165, 1.54) is 0 Å². The Hall–Kier alpha value is -2.70. The number of nitrogens with one attached hydrogen (secondary N) is 1. The van der Waals surface area contributed by atoms with Gasteiger partial charge in [-0.25, -0.2) is 14.6 Å². The van der Waals surface area contributed by atoms with Gasteiger partial charge in [-0.1, -0.05) is 0 Å². The van der Waals surface area contributed by atoms with Crippen molar-refractivity contribution in [3.63, 3.8) is 0 Å². The van der Waals surface area contributed by atoms with Crippen LogP contribution in [-0.2, 0) is 6.54 Å². The Kier molecular flexibility index (Phi) is 2.92. The van der Waals surface area contributed by atoms with E-state index in [0.29, 0.717) is 12.5 Å². The van der Waals surface area contributed by atoms with Gasteiger partial charge in [0.2, 0.25) is 0 Å². The van der Waals surface area contributed by atoms with E-state index in [0.717, 1.165) is 35.6 Å². The Balaban J connectivity index is 1.49. The zero-order valence-electron chi connectivity index (χ0n) is 12.2. The second kappa shape index (κ2) is 4.94. The lowest BCUT2D eigenvalue weighted by atomic mass is 10.00. The Morgan fingerprint density at radius 2 is 2.14 bits per heavy atom. The second-order valence-corrected chi connectivity index (χ2v) is 5.70. The maximum Gasteiger partial charge on any atom is 0.266 e. The minimum Gasteiger partial charge on any atom is -0.355 e. The molecular formula is C15H16N6O. The van der Waals surface area contributed by atoms with Crippen molar-refractivity contribution >= 4 is 16.9 Å². The van der Waals surface area contributed by atoms with Crippen LogP contribution >= 0.6 is 0 Å².